The summed E-state index contributed by atoms with van der Waals surface area (Å²) in [6, 6.07) is 0.233. The molecule has 0 radical (unpaired) electrons. The topological polar surface area (TPSA) is 12.9 Å². The molecule has 4 heteroatoms. The van der Waals surface area contributed by atoms with Crippen molar-refractivity contribution in [2.24, 2.45) is 0 Å². The number of halogens is 3. The molecule has 0 saturated carbocycles. The van der Waals surface area contributed by atoms with E-state index in [1.807, 2.05) is 0 Å². The van der Waals surface area contributed by atoms with Gasteiger partial charge in [0.2, 0.25) is 0 Å². The number of pyridine rings is 1. The van der Waals surface area contributed by atoms with Crippen molar-refractivity contribution in [3.8, 4) is 0 Å². The summed E-state index contributed by atoms with van der Waals surface area (Å²) in [6.07, 6.45) is 0.0603. The highest BCUT2D eigenvalue weighted by Gasteiger charge is 1.95. The van der Waals surface area contributed by atoms with Gasteiger partial charge in [-0.1, -0.05) is 0 Å². The summed E-state index contributed by atoms with van der Waals surface area (Å²) >= 11 is 9.34. The summed E-state index contributed by atoms with van der Waals surface area (Å²) in [5.74, 6) is 0. The minimum Gasteiger partial charge on any atom is -0.247 e. The van der Waals surface area contributed by atoms with Gasteiger partial charge in [0.1, 0.15) is 4.60 Å². The Bertz CT molecular complexity index is 276. The standard InChI is InChI=1S/C5H2Br3N/c6-3-1-4(7)5(8)9-2-3/h1-2H/i1D,2D. The molecule has 0 saturated heterocycles. The van der Waals surface area contributed by atoms with Crippen LogP contribution < -0.4 is 0 Å². The Morgan fingerprint density at radius 3 is 2.78 bits per heavy atom. The second kappa shape index (κ2) is 3.12. The molecule has 1 rings (SSSR count). The van der Waals surface area contributed by atoms with Gasteiger partial charge in [-0.15, -0.1) is 0 Å². The van der Waals surface area contributed by atoms with Gasteiger partial charge in [-0.2, -0.15) is 0 Å². The van der Waals surface area contributed by atoms with E-state index in [4.69, 9.17) is 2.74 Å². The van der Waals surface area contributed by atoms with Crippen molar-refractivity contribution in [1.82, 2.24) is 4.98 Å². The van der Waals surface area contributed by atoms with Crippen LogP contribution in [0, 0.1) is 0 Å². The molecule has 0 spiro atoms. The second-order valence-electron chi connectivity index (χ2n) is 1.27. The van der Waals surface area contributed by atoms with Crippen LogP contribution >= 0.6 is 47.8 Å². The highest BCUT2D eigenvalue weighted by atomic mass is 79.9. The fourth-order valence-electron chi connectivity index (χ4n) is 0.323. The zero-order valence-corrected chi connectivity index (χ0v) is 8.84. The number of rotatable bonds is 0. The van der Waals surface area contributed by atoms with Crippen LogP contribution in [0.3, 0.4) is 0 Å². The predicted octanol–water partition coefficient (Wildman–Crippen LogP) is 3.37. The summed E-state index contributed by atoms with van der Waals surface area (Å²) in [4.78, 5) is 3.80. The number of hydrogen-bond donors (Lipinski definition) is 0. The number of hydrogen-bond acceptors (Lipinski definition) is 1. The molecule has 0 aliphatic heterocycles. The van der Waals surface area contributed by atoms with E-state index < -0.39 is 0 Å². The van der Waals surface area contributed by atoms with Crippen LogP contribution in [0.2, 0.25) is 0 Å². The lowest BCUT2D eigenvalue weighted by Crippen LogP contribution is -1.75. The molecule has 0 amide bonds. The fourth-order valence-corrected chi connectivity index (χ4v) is 1.35. The van der Waals surface area contributed by atoms with E-state index in [1.165, 1.54) is 0 Å². The average Bonchev–Trinajstić information content (AvgIpc) is 1.97. The van der Waals surface area contributed by atoms with Crippen molar-refractivity contribution >= 4 is 47.8 Å². The zero-order chi connectivity index (χ0) is 8.59. The lowest BCUT2D eigenvalue weighted by atomic mass is 10.5. The first-order chi connectivity index (χ1) is 5.04. The maximum absolute atomic E-state index is 7.44. The Morgan fingerprint density at radius 1 is 1.44 bits per heavy atom. The first-order valence-electron chi connectivity index (χ1n) is 3.01. The van der Waals surface area contributed by atoms with E-state index >= 15 is 0 Å². The minimum atomic E-state index is 0.0603. The average molecular weight is 318 g/mol. The summed E-state index contributed by atoms with van der Waals surface area (Å²) < 4.78 is 16.1. The van der Waals surface area contributed by atoms with Gasteiger partial charge in [0.15, 0.2) is 0 Å². The third-order valence-corrected chi connectivity index (χ3v) is 2.71. The molecule has 48 valence electrons. The van der Waals surface area contributed by atoms with Crippen LogP contribution in [0.1, 0.15) is 2.74 Å². The third kappa shape index (κ3) is 2.02. The molecule has 1 nitrogen and oxygen atoms in total. The molecule has 0 bridgehead atoms. The Morgan fingerprint density at radius 2 is 2.11 bits per heavy atom. The van der Waals surface area contributed by atoms with Crippen molar-refractivity contribution in [1.29, 1.82) is 0 Å². The molecule has 0 N–H and O–H groups in total. The predicted molar refractivity (Wildman–Crippen MR) is 47.3 cm³/mol. The summed E-state index contributed by atoms with van der Waals surface area (Å²) in [7, 11) is 0. The number of aromatic nitrogens is 1. The molecule has 0 aliphatic carbocycles. The first kappa shape index (κ1) is 5.27. The van der Waals surface area contributed by atoms with Gasteiger partial charge in [-0.3, -0.25) is 0 Å². The molecule has 0 fully saturated rings. The van der Waals surface area contributed by atoms with Crippen LogP contribution in [0.4, 0.5) is 0 Å². The SMILES string of the molecule is [2H]c1nc(Br)c(Br)c([2H])c1Br. The van der Waals surface area contributed by atoms with E-state index in [1.54, 1.807) is 0 Å². The van der Waals surface area contributed by atoms with Crippen LogP contribution in [-0.4, -0.2) is 4.98 Å². The van der Waals surface area contributed by atoms with Gasteiger partial charge in [0, 0.05) is 10.6 Å². The molecule has 9 heavy (non-hydrogen) atoms. The van der Waals surface area contributed by atoms with E-state index in [2.05, 4.69) is 52.8 Å². The third-order valence-electron chi connectivity index (χ3n) is 0.653. The Labute approximate surface area is 81.1 Å². The van der Waals surface area contributed by atoms with Crippen molar-refractivity contribution in [2.75, 3.05) is 0 Å². The molecule has 0 aromatic carbocycles. The number of nitrogens with zero attached hydrogens (tertiary/aromatic N) is 1. The van der Waals surface area contributed by atoms with Crippen LogP contribution in [0.15, 0.2) is 25.8 Å². The molecule has 1 aromatic rings. The largest absolute Gasteiger partial charge is 0.247 e. The lowest BCUT2D eigenvalue weighted by Gasteiger charge is -1.92. The van der Waals surface area contributed by atoms with Gasteiger partial charge >= 0.3 is 0 Å². The van der Waals surface area contributed by atoms with Gasteiger partial charge in [-0.25, -0.2) is 4.98 Å². The van der Waals surface area contributed by atoms with E-state index in [-0.39, 0.29) is 12.2 Å². The molecule has 0 unspecified atom stereocenters. The van der Waals surface area contributed by atoms with Crippen molar-refractivity contribution < 1.29 is 2.74 Å². The van der Waals surface area contributed by atoms with Gasteiger partial charge in [0.05, 0.1) is 7.21 Å². The Balaban J connectivity index is 3.46. The van der Waals surface area contributed by atoms with Crippen LogP contribution in [-0.2, 0) is 0 Å². The van der Waals surface area contributed by atoms with E-state index in [9.17, 15) is 0 Å². The van der Waals surface area contributed by atoms with Crippen molar-refractivity contribution in [3.63, 3.8) is 0 Å². The highest BCUT2D eigenvalue weighted by Crippen LogP contribution is 2.23. The summed E-state index contributed by atoms with van der Waals surface area (Å²) in [5, 5.41) is 0. The smallest absolute Gasteiger partial charge is 0.120 e. The quantitative estimate of drug-likeness (QED) is 0.669. The van der Waals surface area contributed by atoms with Crippen molar-refractivity contribution in [3.05, 3.63) is 25.8 Å². The molecule has 0 aliphatic rings. The van der Waals surface area contributed by atoms with Gasteiger partial charge in [0.25, 0.3) is 0 Å². The van der Waals surface area contributed by atoms with Gasteiger partial charge < -0.3 is 0 Å². The summed E-state index contributed by atoms with van der Waals surface area (Å²) in [5.41, 5.74) is 0. The normalized spacial score (nSPS) is 12.8. The van der Waals surface area contributed by atoms with E-state index in [0.717, 1.165) is 0 Å². The van der Waals surface area contributed by atoms with E-state index in [0.29, 0.717) is 13.5 Å². The Kier molecular flexibility index (Phi) is 1.83. The van der Waals surface area contributed by atoms with Crippen LogP contribution in [0.25, 0.3) is 0 Å². The molecule has 1 aromatic heterocycles. The molecule has 0 atom stereocenters. The first-order valence-corrected chi connectivity index (χ1v) is 4.39. The fraction of sp³-hybridized carbons (Fsp3) is 0. The minimum absolute atomic E-state index is 0.0603. The van der Waals surface area contributed by atoms with Crippen molar-refractivity contribution in [2.45, 2.75) is 0 Å². The lowest BCUT2D eigenvalue weighted by molar-refractivity contribution is 1.24. The molecule has 1 heterocycles. The Hall–Kier alpha value is 0.590. The maximum atomic E-state index is 7.44. The molecular formula is C5H2Br3N. The zero-order valence-electron chi connectivity index (χ0n) is 6.08. The van der Waals surface area contributed by atoms with Crippen LogP contribution in [0.5, 0.6) is 0 Å². The monoisotopic (exact) mass is 315 g/mol. The molecular weight excluding hydrogens is 314 g/mol. The highest BCUT2D eigenvalue weighted by molar-refractivity contribution is 9.13. The maximum Gasteiger partial charge on any atom is 0.120 e. The van der Waals surface area contributed by atoms with Gasteiger partial charge in [-0.05, 0) is 53.8 Å². The second-order valence-corrected chi connectivity index (χ2v) is 3.60. The summed E-state index contributed by atoms with van der Waals surface area (Å²) in [6.45, 7) is 0.